The molecule has 13 heteroatoms. The summed E-state index contributed by atoms with van der Waals surface area (Å²) in [6.45, 7) is -0.00800. The fraction of sp³-hybridized carbons (Fsp3) is 0.278. The van der Waals surface area contributed by atoms with E-state index >= 15 is 0 Å². The number of alkyl halides is 6. The third-order valence-electron chi connectivity index (χ3n) is 5.12. The summed E-state index contributed by atoms with van der Waals surface area (Å²) in [5.41, 5.74) is -6.91. The monoisotopic (exact) mass is 481 g/mol. The third-order valence-corrected chi connectivity index (χ3v) is 5.59. The molecular formula is C18H11Cl2F6N5. The summed E-state index contributed by atoms with van der Waals surface area (Å²) in [6.07, 6.45) is -11.3. The average Bonchev–Trinajstić information content (AvgIpc) is 3.16. The summed E-state index contributed by atoms with van der Waals surface area (Å²) in [5, 5.41) is 12.5. The standard InChI is InChI=1S/C18H11Cl2F6N5/c19-9-1-3-13-11(7-9)16(17(21,22)23,18(24,25)26)12-8-10(20)2-4-14(12)31(13)6-5-15-27-29-30-28-15/h1-4,7-8H,5-6H2,(H,27,28,29,30). The average molecular weight is 482 g/mol. The van der Waals surface area contributed by atoms with E-state index in [9.17, 15) is 26.3 Å². The highest BCUT2D eigenvalue weighted by Crippen LogP contribution is 2.63. The normalized spacial score (nSPS) is 15.5. The molecule has 3 aromatic rings. The first-order chi connectivity index (χ1) is 14.5. The van der Waals surface area contributed by atoms with Gasteiger partial charge in [-0.25, -0.2) is 5.10 Å². The van der Waals surface area contributed by atoms with Crippen LogP contribution < -0.4 is 4.90 Å². The lowest BCUT2D eigenvalue weighted by atomic mass is 9.69. The number of aromatic amines is 1. The first kappa shape index (κ1) is 21.7. The number of halogens is 8. The van der Waals surface area contributed by atoms with Gasteiger partial charge < -0.3 is 4.90 Å². The number of aromatic nitrogens is 4. The second-order valence-electron chi connectivity index (χ2n) is 6.82. The Labute approximate surface area is 180 Å². The predicted octanol–water partition coefficient (Wildman–Crippen LogP) is 5.61. The molecule has 31 heavy (non-hydrogen) atoms. The number of tetrazole rings is 1. The molecule has 2 aromatic carbocycles. The minimum atomic E-state index is -5.73. The van der Waals surface area contributed by atoms with Crippen LogP contribution in [0.15, 0.2) is 36.4 Å². The highest BCUT2D eigenvalue weighted by Gasteiger charge is 2.75. The van der Waals surface area contributed by atoms with Crippen molar-refractivity contribution >= 4 is 34.6 Å². The van der Waals surface area contributed by atoms with Gasteiger partial charge in [-0.2, -0.15) is 26.3 Å². The lowest BCUT2D eigenvalue weighted by Gasteiger charge is -2.46. The molecule has 5 nitrogen and oxygen atoms in total. The van der Waals surface area contributed by atoms with E-state index in [1.807, 2.05) is 0 Å². The van der Waals surface area contributed by atoms with Crippen molar-refractivity contribution < 1.29 is 26.3 Å². The van der Waals surface area contributed by atoms with Crippen LogP contribution in [0, 0.1) is 0 Å². The Morgan fingerprint density at radius 1 is 0.871 bits per heavy atom. The molecule has 164 valence electrons. The Morgan fingerprint density at radius 3 is 1.81 bits per heavy atom. The summed E-state index contributed by atoms with van der Waals surface area (Å²) < 4.78 is 86.4. The summed E-state index contributed by atoms with van der Waals surface area (Å²) in [4.78, 5) is 1.34. The van der Waals surface area contributed by atoms with Crippen molar-refractivity contribution in [1.82, 2.24) is 20.6 Å². The maximum absolute atomic E-state index is 14.4. The number of anilines is 2. The molecule has 0 unspecified atom stereocenters. The molecule has 2 heterocycles. The van der Waals surface area contributed by atoms with E-state index in [0.717, 1.165) is 12.1 Å². The van der Waals surface area contributed by atoms with Gasteiger partial charge in [-0.1, -0.05) is 23.2 Å². The molecule has 0 radical (unpaired) electrons. The van der Waals surface area contributed by atoms with E-state index in [1.54, 1.807) is 0 Å². The van der Waals surface area contributed by atoms with E-state index in [4.69, 9.17) is 23.2 Å². The summed E-state index contributed by atoms with van der Waals surface area (Å²) in [5.74, 6) is 0.314. The Kier molecular flexibility index (Phi) is 5.08. The zero-order valence-corrected chi connectivity index (χ0v) is 16.7. The lowest BCUT2D eigenvalue weighted by Crippen LogP contribution is -2.57. The van der Waals surface area contributed by atoms with Crippen LogP contribution in [0.5, 0.6) is 0 Å². The molecular weight excluding hydrogens is 471 g/mol. The van der Waals surface area contributed by atoms with Gasteiger partial charge in [0.05, 0.1) is 0 Å². The molecule has 0 bridgehead atoms. The molecule has 1 N–H and O–H groups in total. The number of fused-ring (bicyclic) bond motifs is 2. The highest BCUT2D eigenvalue weighted by molar-refractivity contribution is 6.31. The van der Waals surface area contributed by atoms with Crippen LogP contribution in [0.25, 0.3) is 0 Å². The first-order valence-electron chi connectivity index (χ1n) is 8.70. The maximum atomic E-state index is 14.4. The van der Waals surface area contributed by atoms with Crippen molar-refractivity contribution in [2.45, 2.75) is 24.2 Å². The predicted molar refractivity (Wildman–Crippen MR) is 101 cm³/mol. The van der Waals surface area contributed by atoms with Crippen LogP contribution in [-0.2, 0) is 11.8 Å². The molecule has 0 atom stereocenters. The molecule has 1 aromatic heterocycles. The number of benzene rings is 2. The number of rotatable bonds is 3. The molecule has 1 aliphatic heterocycles. The number of hydrogen-bond donors (Lipinski definition) is 1. The molecule has 0 fully saturated rings. The Bertz CT molecular complexity index is 1040. The SMILES string of the molecule is FC(F)(F)C1(C(F)(F)F)c2cc(Cl)ccc2N(CCc2nnn[nH]2)c2ccc(Cl)cc21. The van der Waals surface area contributed by atoms with Crippen LogP contribution in [0.4, 0.5) is 37.7 Å². The van der Waals surface area contributed by atoms with E-state index < -0.39 is 28.9 Å². The fourth-order valence-electron chi connectivity index (χ4n) is 3.88. The van der Waals surface area contributed by atoms with Gasteiger partial charge in [0.15, 0.2) is 0 Å². The van der Waals surface area contributed by atoms with E-state index in [-0.39, 0.29) is 34.4 Å². The van der Waals surface area contributed by atoms with Crippen LogP contribution in [-0.4, -0.2) is 39.5 Å². The van der Waals surface area contributed by atoms with E-state index in [2.05, 4.69) is 20.6 Å². The fourth-order valence-corrected chi connectivity index (χ4v) is 4.22. The van der Waals surface area contributed by atoms with Crippen LogP contribution in [0.3, 0.4) is 0 Å². The largest absolute Gasteiger partial charge is 0.411 e. The summed E-state index contributed by atoms with van der Waals surface area (Å²) >= 11 is 11.7. The Balaban J connectivity index is 2.03. The van der Waals surface area contributed by atoms with Gasteiger partial charge in [0.2, 0.25) is 5.41 Å². The van der Waals surface area contributed by atoms with Crippen LogP contribution in [0.1, 0.15) is 17.0 Å². The van der Waals surface area contributed by atoms with Gasteiger partial charge in [0, 0.05) is 45.5 Å². The Hall–Kier alpha value is -2.53. The smallest absolute Gasteiger partial charge is 0.341 e. The van der Waals surface area contributed by atoms with Gasteiger partial charge in [-0.15, -0.1) is 5.10 Å². The quantitative estimate of drug-likeness (QED) is 0.494. The van der Waals surface area contributed by atoms with Gasteiger partial charge in [-0.05, 0) is 46.8 Å². The van der Waals surface area contributed by atoms with Crippen molar-refractivity contribution in [3.8, 4) is 0 Å². The van der Waals surface area contributed by atoms with Gasteiger partial charge >= 0.3 is 12.4 Å². The topological polar surface area (TPSA) is 57.7 Å². The number of nitrogens with zero attached hydrogens (tertiary/aromatic N) is 4. The highest BCUT2D eigenvalue weighted by atomic mass is 35.5. The molecule has 4 rings (SSSR count). The van der Waals surface area contributed by atoms with Gasteiger partial charge in [0.25, 0.3) is 0 Å². The minimum Gasteiger partial charge on any atom is -0.341 e. The lowest BCUT2D eigenvalue weighted by molar-refractivity contribution is -0.288. The van der Waals surface area contributed by atoms with E-state index in [0.29, 0.717) is 18.0 Å². The van der Waals surface area contributed by atoms with Crippen molar-refractivity contribution in [3.63, 3.8) is 0 Å². The van der Waals surface area contributed by atoms with Gasteiger partial charge in [-0.3, -0.25) is 0 Å². The maximum Gasteiger partial charge on any atom is 0.411 e. The molecule has 0 saturated heterocycles. The first-order valence-corrected chi connectivity index (χ1v) is 9.46. The summed E-state index contributed by atoms with van der Waals surface area (Å²) in [7, 11) is 0. The molecule has 0 saturated carbocycles. The van der Waals surface area contributed by atoms with Crippen molar-refractivity contribution in [2.75, 3.05) is 11.4 Å². The van der Waals surface area contributed by atoms with Gasteiger partial charge in [0.1, 0.15) is 5.82 Å². The second-order valence-corrected chi connectivity index (χ2v) is 7.69. The molecule has 0 amide bonds. The van der Waals surface area contributed by atoms with Crippen molar-refractivity contribution in [3.05, 3.63) is 63.4 Å². The van der Waals surface area contributed by atoms with Crippen LogP contribution >= 0.6 is 23.2 Å². The zero-order chi connectivity index (χ0) is 22.6. The number of hydrogen-bond acceptors (Lipinski definition) is 4. The van der Waals surface area contributed by atoms with Crippen molar-refractivity contribution in [1.29, 1.82) is 0 Å². The number of H-pyrrole nitrogens is 1. The van der Waals surface area contributed by atoms with Crippen molar-refractivity contribution in [2.24, 2.45) is 0 Å². The zero-order valence-electron chi connectivity index (χ0n) is 15.2. The summed E-state index contributed by atoms with van der Waals surface area (Å²) in [6, 6.07) is 6.15. The third kappa shape index (κ3) is 3.30. The number of nitrogens with one attached hydrogen (secondary N) is 1. The Morgan fingerprint density at radius 2 is 1.39 bits per heavy atom. The second kappa shape index (κ2) is 7.27. The molecule has 0 aliphatic carbocycles. The van der Waals surface area contributed by atoms with Crippen LogP contribution in [0.2, 0.25) is 10.0 Å². The molecule has 0 spiro atoms. The molecule has 1 aliphatic rings. The van der Waals surface area contributed by atoms with E-state index in [1.165, 1.54) is 17.0 Å². The minimum absolute atomic E-state index is 0.00800.